The van der Waals surface area contributed by atoms with Crippen LogP contribution >= 0.6 is 11.3 Å². The minimum Gasteiger partial charge on any atom is -0.478 e. The average molecular weight is 411 g/mol. The summed E-state index contributed by atoms with van der Waals surface area (Å²) in [5.41, 5.74) is 1.44. The summed E-state index contributed by atoms with van der Waals surface area (Å²) in [7, 11) is 0. The fourth-order valence-electron chi connectivity index (χ4n) is 3.89. The molecule has 152 valence electrons. The van der Waals surface area contributed by atoms with Crippen molar-refractivity contribution in [3.63, 3.8) is 0 Å². The van der Waals surface area contributed by atoms with Gasteiger partial charge in [0.1, 0.15) is 5.00 Å². The van der Waals surface area contributed by atoms with Crippen molar-refractivity contribution in [3.05, 3.63) is 41.5 Å². The summed E-state index contributed by atoms with van der Waals surface area (Å²) in [6.07, 6.45) is 3.78. The molecule has 1 saturated carbocycles. The molecular weight excluding hydrogens is 384 g/mol. The molecule has 0 radical (unpaired) electrons. The minimum absolute atomic E-state index is 0.0218. The van der Waals surface area contributed by atoms with Gasteiger partial charge in [-0.05, 0) is 69.2 Å². The standard InChI is InChI=1S/C23H26N2O3S/c1-14(2)25(21(26)17-9-7-15(3)8-10-17)22-19(23(27)28)12-20(29-22)18-6-4-5-16(11-18)13-24/h4-6,11-12,14-15,17H,7-10H2,1-3H3,(H,27,28)/t15-,17-. The van der Waals surface area contributed by atoms with Gasteiger partial charge in [-0.3, -0.25) is 4.79 Å². The van der Waals surface area contributed by atoms with Crippen LogP contribution in [0.25, 0.3) is 10.4 Å². The molecule has 3 rings (SSSR count). The Morgan fingerprint density at radius 1 is 1.21 bits per heavy atom. The monoisotopic (exact) mass is 410 g/mol. The SMILES string of the molecule is CC(C)N(c1sc(-c2cccc(C#N)c2)cc1C(=O)O)C(=O)[C@H]1CC[C@H](C)CC1. The first kappa shape index (κ1) is 21.1. The number of carbonyl (C=O) groups is 2. The van der Waals surface area contributed by atoms with Crippen LogP contribution < -0.4 is 4.90 Å². The number of benzene rings is 1. The summed E-state index contributed by atoms with van der Waals surface area (Å²) < 4.78 is 0. The Kier molecular flexibility index (Phi) is 6.39. The van der Waals surface area contributed by atoms with Gasteiger partial charge in [0.15, 0.2) is 0 Å². The Morgan fingerprint density at radius 2 is 1.90 bits per heavy atom. The van der Waals surface area contributed by atoms with E-state index >= 15 is 0 Å². The zero-order valence-corrected chi connectivity index (χ0v) is 17.8. The molecule has 1 heterocycles. The predicted octanol–water partition coefficient (Wildman–Crippen LogP) is 5.55. The van der Waals surface area contributed by atoms with Crippen LogP contribution in [0.5, 0.6) is 0 Å². The zero-order valence-electron chi connectivity index (χ0n) is 17.0. The van der Waals surface area contributed by atoms with Gasteiger partial charge >= 0.3 is 5.97 Å². The lowest BCUT2D eigenvalue weighted by Crippen LogP contribution is -2.42. The van der Waals surface area contributed by atoms with Gasteiger partial charge < -0.3 is 10.0 Å². The van der Waals surface area contributed by atoms with Crippen LogP contribution in [0, 0.1) is 23.2 Å². The van der Waals surface area contributed by atoms with Crippen molar-refractivity contribution < 1.29 is 14.7 Å². The summed E-state index contributed by atoms with van der Waals surface area (Å²) in [6.45, 7) is 6.06. The number of hydrogen-bond acceptors (Lipinski definition) is 4. The number of carbonyl (C=O) groups excluding carboxylic acids is 1. The molecule has 1 fully saturated rings. The summed E-state index contributed by atoms with van der Waals surface area (Å²) >= 11 is 1.30. The second-order valence-electron chi connectivity index (χ2n) is 8.09. The third-order valence-corrected chi connectivity index (χ3v) is 6.74. The van der Waals surface area contributed by atoms with Gasteiger partial charge in [-0.25, -0.2) is 4.79 Å². The smallest absolute Gasteiger partial charge is 0.338 e. The number of nitrogens with zero attached hydrogens (tertiary/aromatic N) is 2. The van der Waals surface area contributed by atoms with Crippen LogP contribution in [0.2, 0.25) is 0 Å². The van der Waals surface area contributed by atoms with E-state index in [-0.39, 0.29) is 23.4 Å². The summed E-state index contributed by atoms with van der Waals surface area (Å²) in [5.74, 6) is -0.437. The third kappa shape index (κ3) is 4.51. The van der Waals surface area contributed by atoms with Crippen molar-refractivity contribution in [1.82, 2.24) is 0 Å². The first-order chi connectivity index (χ1) is 13.8. The molecule has 0 bridgehead atoms. The normalized spacial score (nSPS) is 19.0. The maximum atomic E-state index is 13.4. The highest BCUT2D eigenvalue weighted by molar-refractivity contribution is 7.20. The molecule has 0 spiro atoms. The third-order valence-electron chi connectivity index (χ3n) is 5.56. The molecule has 0 aliphatic heterocycles. The number of carboxylic acids is 1. The largest absolute Gasteiger partial charge is 0.478 e. The number of hydrogen-bond donors (Lipinski definition) is 1. The number of carboxylic acid groups (broad SMARTS) is 1. The van der Waals surface area contributed by atoms with Crippen molar-refractivity contribution >= 4 is 28.2 Å². The van der Waals surface area contributed by atoms with E-state index in [1.807, 2.05) is 19.9 Å². The van der Waals surface area contributed by atoms with Gasteiger partial charge in [0.05, 0.1) is 17.2 Å². The summed E-state index contributed by atoms with van der Waals surface area (Å²) in [6, 6.07) is 10.7. The summed E-state index contributed by atoms with van der Waals surface area (Å²) in [4.78, 5) is 27.8. The van der Waals surface area contributed by atoms with Crippen LogP contribution in [-0.2, 0) is 4.79 Å². The number of amides is 1. The Bertz CT molecular complexity index is 949. The lowest BCUT2D eigenvalue weighted by molar-refractivity contribution is -0.123. The second kappa shape index (κ2) is 8.79. The van der Waals surface area contributed by atoms with Crippen molar-refractivity contribution in [1.29, 1.82) is 5.26 Å². The maximum absolute atomic E-state index is 13.4. The highest BCUT2D eigenvalue weighted by Crippen LogP contribution is 2.41. The molecular formula is C23H26N2O3S. The van der Waals surface area contributed by atoms with Crippen LogP contribution in [-0.4, -0.2) is 23.0 Å². The lowest BCUT2D eigenvalue weighted by atomic mass is 9.82. The van der Waals surface area contributed by atoms with E-state index in [0.29, 0.717) is 16.5 Å². The number of anilines is 1. The molecule has 1 aromatic heterocycles. The Balaban J connectivity index is 2.01. The molecule has 0 unspecified atom stereocenters. The first-order valence-corrected chi connectivity index (χ1v) is 10.8. The molecule has 0 saturated heterocycles. The Hall–Kier alpha value is -2.65. The van der Waals surface area contributed by atoms with E-state index < -0.39 is 5.97 Å². The van der Waals surface area contributed by atoms with Gasteiger partial charge in [0.2, 0.25) is 5.91 Å². The first-order valence-electron chi connectivity index (χ1n) is 10.0. The van der Waals surface area contributed by atoms with Gasteiger partial charge in [-0.15, -0.1) is 11.3 Å². The number of nitriles is 1. The molecule has 1 amide bonds. The van der Waals surface area contributed by atoms with E-state index in [1.54, 1.807) is 29.2 Å². The molecule has 6 heteroatoms. The van der Waals surface area contributed by atoms with Crippen molar-refractivity contribution in [2.45, 2.75) is 52.5 Å². The fourth-order valence-corrected chi connectivity index (χ4v) is 5.18. The average Bonchev–Trinajstić information content (AvgIpc) is 3.13. The van der Waals surface area contributed by atoms with E-state index in [0.717, 1.165) is 36.1 Å². The molecule has 1 aliphatic rings. The topological polar surface area (TPSA) is 81.4 Å². The number of rotatable bonds is 5. The van der Waals surface area contributed by atoms with E-state index in [2.05, 4.69) is 13.0 Å². The molecule has 1 aliphatic carbocycles. The molecule has 1 aromatic carbocycles. The van der Waals surface area contributed by atoms with Gasteiger partial charge in [0.25, 0.3) is 0 Å². The molecule has 0 atom stereocenters. The lowest BCUT2D eigenvalue weighted by Gasteiger charge is -2.33. The Labute approximate surface area is 175 Å². The molecule has 5 nitrogen and oxygen atoms in total. The van der Waals surface area contributed by atoms with Gasteiger partial charge in [-0.1, -0.05) is 19.1 Å². The highest BCUT2D eigenvalue weighted by Gasteiger charge is 2.33. The molecule has 29 heavy (non-hydrogen) atoms. The number of aromatic carboxylic acids is 1. The van der Waals surface area contributed by atoms with Gasteiger partial charge in [0, 0.05) is 16.8 Å². The van der Waals surface area contributed by atoms with Crippen molar-refractivity contribution in [3.8, 4) is 16.5 Å². The van der Waals surface area contributed by atoms with Crippen LogP contribution in [0.1, 0.15) is 62.4 Å². The second-order valence-corrected chi connectivity index (χ2v) is 9.12. The maximum Gasteiger partial charge on any atom is 0.338 e. The quantitative estimate of drug-likeness (QED) is 0.700. The Morgan fingerprint density at radius 3 is 2.48 bits per heavy atom. The van der Waals surface area contributed by atoms with Crippen LogP contribution in [0.4, 0.5) is 5.00 Å². The minimum atomic E-state index is -1.05. The van der Waals surface area contributed by atoms with Crippen molar-refractivity contribution in [2.75, 3.05) is 4.90 Å². The zero-order chi connectivity index (χ0) is 21.1. The summed E-state index contributed by atoms with van der Waals surface area (Å²) in [5, 5.41) is 19.4. The van der Waals surface area contributed by atoms with E-state index in [9.17, 15) is 14.7 Å². The molecule has 1 N–H and O–H groups in total. The van der Waals surface area contributed by atoms with Gasteiger partial charge in [-0.2, -0.15) is 5.26 Å². The van der Waals surface area contributed by atoms with E-state index in [4.69, 9.17) is 5.26 Å². The van der Waals surface area contributed by atoms with Crippen molar-refractivity contribution in [2.24, 2.45) is 11.8 Å². The van der Waals surface area contributed by atoms with E-state index in [1.165, 1.54) is 11.3 Å². The predicted molar refractivity (Wildman–Crippen MR) is 115 cm³/mol. The fraction of sp³-hybridized carbons (Fsp3) is 0.435. The number of thiophene rings is 1. The highest BCUT2D eigenvalue weighted by atomic mass is 32.1. The molecule has 2 aromatic rings. The van der Waals surface area contributed by atoms with Crippen LogP contribution in [0.3, 0.4) is 0 Å². The van der Waals surface area contributed by atoms with Crippen LogP contribution in [0.15, 0.2) is 30.3 Å².